The lowest BCUT2D eigenvalue weighted by Crippen LogP contribution is -2.45. The fraction of sp³-hybridized carbons (Fsp3) is 0.609. The average Bonchev–Trinajstić information content (AvgIpc) is 3.42. The van der Waals surface area contributed by atoms with Crippen LogP contribution >= 0.6 is 24.0 Å². The zero-order valence-electron chi connectivity index (χ0n) is 18.4. The van der Waals surface area contributed by atoms with Crippen LogP contribution in [0.1, 0.15) is 50.8 Å². The number of guanidine groups is 1. The molecule has 1 unspecified atom stereocenters. The van der Waals surface area contributed by atoms with Crippen LogP contribution in [-0.2, 0) is 11.2 Å². The second kappa shape index (κ2) is 11.7. The summed E-state index contributed by atoms with van der Waals surface area (Å²) in [5.74, 6) is 2.46. The van der Waals surface area contributed by atoms with Gasteiger partial charge in [-0.05, 0) is 37.8 Å². The molecular formula is C23H35IN6O. The number of halogens is 1. The van der Waals surface area contributed by atoms with Crippen molar-refractivity contribution in [2.24, 2.45) is 10.9 Å². The van der Waals surface area contributed by atoms with Crippen molar-refractivity contribution >= 4 is 46.9 Å². The van der Waals surface area contributed by atoms with Crippen molar-refractivity contribution in [1.29, 1.82) is 0 Å². The first kappa shape index (κ1) is 23.8. The standard InChI is InChI=1S/C23H34N6O.HI/c1-24-23(25-14-7-12-21-27-19-10-5-6-11-20(19)28-21)26-18-13-15-29(16-18)22(30)17-8-3-2-4-9-17;/h5-6,10-11,17-18H,2-4,7-9,12-16H2,1H3,(H,27,28)(H2,24,25,26);1H. The fourth-order valence-corrected chi connectivity index (χ4v) is 4.66. The molecule has 0 spiro atoms. The number of H-pyrrole nitrogens is 1. The lowest BCUT2D eigenvalue weighted by Gasteiger charge is -2.26. The minimum Gasteiger partial charge on any atom is -0.356 e. The Morgan fingerprint density at radius 1 is 1.23 bits per heavy atom. The molecule has 8 heteroatoms. The van der Waals surface area contributed by atoms with Crippen LogP contribution < -0.4 is 10.6 Å². The number of aromatic nitrogens is 2. The van der Waals surface area contributed by atoms with E-state index in [4.69, 9.17) is 0 Å². The summed E-state index contributed by atoms with van der Waals surface area (Å²) in [5.41, 5.74) is 2.11. The zero-order valence-corrected chi connectivity index (χ0v) is 20.7. The molecule has 1 aromatic heterocycles. The predicted octanol–water partition coefficient (Wildman–Crippen LogP) is 3.46. The number of fused-ring (bicyclic) bond motifs is 1. The van der Waals surface area contributed by atoms with Crippen LogP contribution in [0, 0.1) is 5.92 Å². The van der Waals surface area contributed by atoms with Gasteiger partial charge in [-0.15, -0.1) is 24.0 Å². The summed E-state index contributed by atoms with van der Waals surface area (Å²) < 4.78 is 0. The van der Waals surface area contributed by atoms with Crippen LogP contribution in [0.5, 0.6) is 0 Å². The molecule has 3 N–H and O–H groups in total. The van der Waals surface area contributed by atoms with Crippen LogP contribution in [0.25, 0.3) is 11.0 Å². The van der Waals surface area contributed by atoms with Gasteiger partial charge < -0.3 is 20.5 Å². The van der Waals surface area contributed by atoms with E-state index in [1.165, 1.54) is 19.3 Å². The summed E-state index contributed by atoms with van der Waals surface area (Å²) in [5, 5.41) is 6.90. The Bertz CT molecular complexity index is 843. The number of nitrogens with one attached hydrogen (secondary N) is 3. The summed E-state index contributed by atoms with van der Waals surface area (Å²) in [4.78, 5) is 27.2. The fourth-order valence-electron chi connectivity index (χ4n) is 4.66. The van der Waals surface area contributed by atoms with Crippen molar-refractivity contribution in [2.45, 2.75) is 57.4 Å². The molecule has 7 nitrogen and oxygen atoms in total. The van der Waals surface area contributed by atoms with Crippen molar-refractivity contribution < 1.29 is 4.79 Å². The van der Waals surface area contributed by atoms with Gasteiger partial charge in [0.15, 0.2) is 5.96 Å². The van der Waals surface area contributed by atoms with E-state index < -0.39 is 0 Å². The number of benzene rings is 1. The molecule has 4 rings (SSSR count). The Hall–Kier alpha value is -1.84. The summed E-state index contributed by atoms with van der Waals surface area (Å²) in [6.07, 6.45) is 8.69. The number of amides is 1. The van der Waals surface area contributed by atoms with Gasteiger partial charge in [0.25, 0.3) is 0 Å². The molecule has 1 atom stereocenters. The van der Waals surface area contributed by atoms with Crippen LogP contribution in [0.3, 0.4) is 0 Å². The number of nitrogens with zero attached hydrogens (tertiary/aromatic N) is 3. The first-order valence-electron chi connectivity index (χ1n) is 11.4. The number of likely N-dealkylation sites (tertiary alicyclic amines) is 1. The SMILES string of the molecule is CN=C(NCCCc1nc2ccccc2[nH]1)NC1CCN(C(=O)C2CCCCC2)C1.I. The second-order valence-electron chi connectivity index (χ2n) is 8.55. The van der Waals surface area contributed by atoms with Crippen LogP contribution in [0.15, 0.2) is 29.3 Å². The van der Waals surface area contributed by atoms with E-state index in [0.29, 0.717) is 5.91 Å². The normalized spacial score (nSPS) is 20.0. The number of hydrogen-bond donors (Lipinski definition) is 3. The highest BCUT2D eigenvalue weighted by Crippen LogP contribution is 2.26. The number of aliphatic imine (C=N–C) groups is 1. The van der Waals surface area contributed by atoms with E-state index in [9.17, 15) is 4.79 Å². The molecule has 1 saturated carbocycles. The number of carbonyl (C=O) groups is 1. The summed E-state index contributed by atoms with van der Waals surface area (Å²) in [6.45, 7) is 2.47. The number of carbonyl (C=O) groups excluding carboxylic acids is 1. The number of imidazole rings is 1. The first-order valence-corrected chi connectivity index (χ1v) is 11.4. The molecule has 0 radical (unpaired) electrons. The molecular weight excluding hydrogens is 503 g/mol. The highest BCUT2D eigenvalue weighted by molar-refractivity contribution is 14.0. The first-order chi connectivity index (χ1) is 14.7. The van der Waals surface area contributed by atoms with Crippen molar-refractivity contribution in [3.05, 3.63) is 30.1 Å². The van der Waals surface area contributed by atoms with E-state index in [2.05, 4.69) is 36.6 Å². The van der Waals surface area contributed by atoms with E-state index in [1.54, 1.807) is 7.05 Å². The Labute approximate surface area is 201 Å². The smallest absolute Gasteiger partial charge is 0.225 e. The van der Waals surface area contributed by atoms with Crippen molar-refractivity contribution in [2.75, 3.05) is 26.7 Å². The number of aromatic amines is 1. The summed E-state index contributed by atoms with van der Waals surface area (Å²) in [6, 6.07) is 8.40. The molecule has 1 aliphatic carbocycles. The Morgan fingerprint density at radius 3 is 2.81 bits per heavy atom. The number of hydrogen-bond acceptors (Lipinski definition) is 3. The molecule has 0 bridgehead atoms. The third kappa shape index (κ3) is 6.33. The third-order valence-corrected chi connectivity index (χ3v) is 6.34. The highest BCUT2D eigenvalue weighted by atomic mass is 127. The van der Waals surface area contributed by atoms with Crippen LogP contribution in [0.4, 0.5) is 0 Å². The minimum atomic E-state index is 0. The van der Waals surface area contributed by atoms with Gasteiger partial charge >= 0.3 is 0 Å². The summed E-state index contributed by atoms with van der Waals surface area (Å²) in [7, 11) is 1.80. The predicted molar refractivity (Wildman–Crippen MR) is 136 cm³/mol. The molecule has 2 fully saturated rings. The van der Waals surface area contributed by atoms with Gasteiger partial charge in [0.1, 0.15) is 5.82 Å². The van der Waals surface area contributed by atoms with Crippen LogP contribution in [-0.4, -0.2) is 59.5 Å². The maximum Gasteiger partial charge on any atom is 0.225 e. The van der Waals surface area contributed by atoms with Gasteiger partial charge in [-0.25, -0.2) is 4.98 Å². The second-order valence-corrected chi connectivity index (χ2v) is 8.55. The molecule has 2 heterocycles. The zero-order chi connectivity index (χ0) is 20.8. The van der Waals surface area contributed by atoms with Crippen LogP contribution in [0.2, 0.25) is 0 Å². The highest BCUT2D eigenvalue weighted by Gasteiger charge is 2.31. The Kier molecular flexibility index (Phi) is 8.98. The van der Waals surface area contributed by atoms with Gasteiger partial charge in [0.05, 0.1) is 11.0 Å². The Morgan fingerprint density at radius 2 is 2.03 bits per heavy atom. The quantitative estimate of drug-likeness (QED) is 0.228. The minimum absolute atomic E-state index is 0. The van der Waals surface area contributed by atoms with Gasteiger partial charge in [0.2, 0.25) is 5.91 Å². The van der Waals surface area contributed by atoms with Crippen molar-refractivity contribution in [1.82, 2.24) is 25.5 Å². The monoisotopic (exact) mass is 538 g/mol. The lowest BCUT2D eigenvalue weighted by molar-refractivity contribution is -0.135. The maximum absolute atomic E-state index is 12.8. The van der Waals surface area contributed by atoms with E-state index >= 15 is 0 Å². The van der Waals surface area contributed by atoms with Gasteiger partial charge in [0, 0.05) is 45.1 Å². The molecule has 1 aromatic carbocycles. The van der Waals surface area contributed by atoms with E-state index in [-0.39, 0.29) is 35.9 Å². The molecule has 170 valence electrons. The largest absolute Gasteiger partial charge is 0.356 e. The van der Waals surface area contributed by atoms with Gasteiger partial charge in [-0.1, -0.05) is 31.4 Å². The molecule has 2 aromatic rings. The third-order valence-electron chi connectivity index (χ3n) is 6.34. The lowest BCUT2D eigenvalue weighted by atomic mass is 9.88. The van der Waals surface area contributed by atoms with Crippen molar-refractivity contribution in [3.8, 4) is 0 Å². The topological polar surface area (TPSA) is 85.4 Å². The van der Waals surface area contributed by atoms with Crippen molar-refractivity contribution in [3.63, 3.8) is 0 Å². The number of aryl methyl sites for hydroxylation is 1. The van der Waals surface area contributed by atoms with E-state index in [1.807, 2.05) is 18.2 Å². The molecule has 1 saturated heterocycles. The molecule has 1 aliphatic heterocycles. The maximum atomic E-state index is 12.8. The van der Waals surface area contributed by atoms with E-state index in [0.717, 1.165) is 74.6 Å². The Balaban J connectivity index is 0.00000272. The van der Waals surface area contributed by atoms with Gasteiger partial charge in [-0.3, -0.25) is 9.79 Å². The number of rotatable bonds is 6. The number of para-hydroxylation sites is 2. The molecule has 1 amide bonds. The molecule has 2 aliphatic rings. The average molecular weight is 538 g/mol. The summed E-state index contributed by atoms with van der Waals surface area (Å²) >= 11 is 0. The molecule has 31 heavy (non-hydrogen) atoms. The van der Waals surface area contributed by atoms with Gasteiger partial charge in [-0.2, -0.15) is 0 Å².